The van der Waals surface area contributed by atoms with E-state index in [2.05, 4.69) is 75.4 Å². The zero-order valence-corrected chi connectivity index (χ0v) is 20.4. The summed E-state index contributed by atoms with van der Waals surface area (Å²) < 4.78 is 5.91. The molecule has 1 amide bonds. The van der Waals surface area contributed by atoms with Gasteiger partial charge in [-0.1, -0.05) is 60.7 Å². The van der Waals surface area contributed by atoms with Gasteiger partial charge in [-0.3, -0.25) is 9.69 Å². The van der Waals surface area contributed by atoms with Crippen LogP contribution in [0.2, 0.25) is 0 Å². The highest BCUT2D eigenvalue weighted by molar-refractivity contribution is 5.79. The van der Waals surface area contributed by atoms with Crippen molar-refractivity contribution in [2.24, 2.45) is 5.92 Å². The molecule has 2 saturated heterocycles. The van der Waals surface area contributed by atoms with E-state index in [1.807, 2.05) is 24.3 Å². The maximum absolute atomic E-state index is 13.1. The first kappa shape index (κ1) is 23.4. The summed E-state index contributed by atoms with van der Waals surface area (Å²) in [6, 6.07) is 29.2. The minimum atomic E-state index is 0.170. The van der Waals surface area contributed by atoms with Crippen molar-refractivity contribution < 1.29 is 9.53 Å². The standard InChI is InChI=1S/C30H35N3O2/c34-30(33-21-19-32(20-22-33)28-9-5-2-6-10-28)27-15-17-31(18-16-27)23-25-11-13-29(14-12-25)35-24-26-7-3-1-4-8-26/h1-14,27H,15-24H2. The van der Waals surface area contributed by atoms with E-state index in [9.17, 15) is 4.79 Å². The maximum Gasteiger partial charge on any atom is 0.225 e. The smallest absolute Gasteiger partial charge is 0.225 e. The van der Waals surface area contributed by atoms with Gasteiger partial charge in [-0.25, -0.2) is 0 Å². The topological polar surface area (TPSA) is 36.0 Å². The van der Waals surface area contributed by atoms with Crippen LogP contribution in [0, 0.1) is 5.92 Å². The summed E-state index contributed by atoms with van der Waals surface area (Å²) in [5.41, 5.74) is 3.72. The van der Waals surface area contributed by atoms with Gasteiger partial charge in [-0.15, -0.1) is 0 Å². The Labute approximate surface area is 208 Å². The Morgan fingerprint density at radius 2 is 1.34 bits per heavy atom. The SMILES string of the molecule is O=C(C1CCN(Cc2ccc(OCc3ccccc3)cc2)CC1)N1CCN(c2ccccc2)CC1. The third-order valence-electron chi connectivity index (χ3n) is 7.23. The van der Waals surface area contributed by atoms with E-state index in [0.29, 0.717) is 12.5 Å². The molecule has 3 aromatic carbocycles. The van der Waals surface area contributed by atoms with Crippen molar-refractivity contribution in [1.29, 1.82) is 0 Å². The molecule has 5 heteroatoms. The van der Waals surface area contributed by atoms with Gasteiger partial charge in [0.05, 0.1) is 0 Å². The second kappa shape index (κ2) is 11.4. The quantitative estimate of drug-likeness (QED) is 0.497. The molecule has 0 aromatic heterocycles. The molecule has 0 unspecified atom stereocenters. The van der Waals surface area contributed by atoms with Gasteiger partial charge in [0.15, 0.2) is 0 Å². The van der Waals surface area contributed by atoms with E-state index >= 15 is 0 Å². The summed E-state index contributed by atoms with van der Waals surface area (Å²) >= 11 is 0. The first-order chi connectivity index (χ1) is 17.2. The van der Waals surface area contributed by atoms with Crippen LogP contribution in [-0.2, 0) is 17.9 Å². The summed E-state index contributed by atoms with van der Waals surface area (Å²) in [6.07, 6.45) is 1.91. The molecule has 0 spiro atoms. The molecule has 0 bridgehead atoms. The third-order valence-corrected chi connectivity index (χ3v) is 7.23. The molecule has 0 N–H and O–H groups in total. The number of piperidine rings is 1. The number of rotatable bonds is 7. The Hall–Kier alpha value is -3.31. The molecular weight excluding hydrogens is 434 g/mol. The third kappa shape index (κ3) is 6.23. The molecule has 35 heavy (non-hydrogen) atoms. The predicted molar refractivity (Wildman–Crippen MR) is 140 cm³/mol. The van der Waals surface area contributed by atoms with Gasteiger partial charge in [0, 0.05) is 44.3 Å². The van der Waals surface area contributed by atoms with Crippen LogP contribution in [0.4, 0.5) is 5.69 Å². The number of carbonyl (C=O) groups is 1. The van der Waals surface area contributed by atoms with Gasteiger partial charge >= 0.3 is 0 Å². The lowest BCUT2D eigenvalue weighted by atomic mass is 9.94. The van der Waals surface area contributed by atoms with Crippen molar-refractivity contribution in [2.45, 2.75) is 26.0 Å². The fourth-order valence-electron chi connectivity index (χ4n) is 5.11. The molecule has 0 atom stereocenters. The van der Waals surface area contributed by atoms with Gasteiger partial charge in [0.25, 0.3) is 0 Å². The van der Waals surface area contributed by atoms with Crippen LogP contribution in [0.1, 0.15) is 24.0 Å². The van der Waals surface area contributed by atoms with Gasteiger partial charge in [-0.2, -0.15) is 0 Å². The first-order valence-corrected chi connectivity index (χ1v) is 12.8. The largest absolute Gasteiger partial charge is 0.489 e. The zero-order valence-electron chi connectivity index (χ0n) is 20.4. The van der Waals surface area contributed by atoms with Crippen LogP contribution in [0.25, 0.3) is 0 Å². The molecular formula is C30H35N3O2. The second-order valence-corrected chi connectivity index (χ2v) is 9.62. The zero-order chi connectivity index (χ0) is 23.9. The predicted octanol–water partition coefficient (Wildman–Crippen LogP) is 4.83. The Kier molecular flexibility index (Phi) is 7.64. The Balaban J connectivity index is 1.04. The summed E-state index contributed by atoms with van der Waals surface area (Å²) in [6.45, 7) is 6.95. The molecule has 2 aliphatic heterocycles. The Bertz CT molecular complexity index is 1060. The second-order valence-electron chi connectivity index (χ2n) is 9.62. The number of carbonyl (C=O) groups excluding carboxylic acids is 1. The number of hydrogen-bond donors (Lipinski definition) is 0. The molecule has 5 rings (SSSR count). The van der Waals surface area contributed by atoms with Crippen LogP contribution in [0.15, 0.2) is 84.9 Å². The highest BCUT2D eigenvalue weighted by Crippen LogP contribution is 2.24. The molecule has 2 aliphatic rings. The summed E-state index contributed by atoms with van der Waals surface area (Å²) in [5, 5.41) is 0. The molecule has 0 aliphatic carbocycles. The average Bonchev–Trinajstić information content (AvgIpc) is 2.94. The molecule has 0 saturated carbocycles. The highest BCUT2D eigenvalue weighted by Gasteiger charge is 2.30. The van der Waals surface area contributed by atoms with Crippen LogP contribution >= 0.6 is 0 Å². The van der Waals surface area contributed by atoms with Crippen LogP contribution in [-0.4, -0.2) is 55.0 Å². The number of amides is 1. The lowest BCUT2D eigenvalue weighted by Gasteiger charge is -2.39. The number of ether oxygens (including phenoxy) is 1. The number of benzene rings is 3. The van der Waals surface area contributed by atoms with E-state index < -0.39 is 0 Å². The average molecular weight is 470 g/mol. The van der Waals surface area contributed by atoms with Crippen molar-refractivity contribution in [2.75, 3.05) is 44.2 Å². The number of piperazine rings is 1. The fourth-order valence-corrected chi connectivity index (χ4v) is 5.11. The molecule has 0 radical (unpaired) electrons. The minimum Gasteiger partial charge on any atom is -0.489 e. The van der Waals surface area contributed by atoms with Gasteiger partial charge < -0.3 is 14.5 Å². The van der Waals surface area contributed by atoms with Crippen LogP contribution < -0.4 is 9.64 Å². The Morgan fingerprint density at radius 3 is 2.00 bits per heavy atom. The summed E-state index contributed by atoms with van der Waals surface area (Å²) in [4.78, 5) is 20.1. The maximum atomic E-state index is 13.1. The van der Waals surface area contributed by atoms with Crippen molar-refractivity contribution in [3.8, 4) is 5.75 Å². The van der Waals surface area contributed by atoms with Crippen molar-refractivity contribution in [3.05, 3.63) is 96.1 Å². The summed E-state index contributed by atoms with van der Waals surface area (Å²) in [5.74, 6) is 1.43. The number of para-hydroxylation sites is 1. The molecule has 2 heterocycles. The number of likely N-dealkylation sites (tertiary alicyclic amines) is 1. The van der Waals surface area contributed by atoms with Crippen LogP contribution in [0.5, 0.6) is 5.75 Å². The van der Waals surface area contributed by atoms with Gasteiger partial charge in [0.1, 0.15) is 12.4 Å². The number of anilines is 1. The number of nitrogens with zero attached hydrogens (tertiary/aromatic N) is 3. The van der Waals surface area contributed by atoms with Crippen molar-refractivity contribution >= 4 is 11.6 Å². The molecule has 5 nitrogen and oxygen atoms in total. The fraction of sp³-hybridized carbons (Fsp3) is 0.367. The molecule has 2 fully saturated rings. The van der Waals surface area contributed by atoms with E-state index in [1.165, 1.54) is 16.8 Å². The molecule has 3 aromatic rings. The lowest BCUT2D eigenvalue weighted by Crippen LogP contribution is -2.51. The van der Waals surface area contributed by atoms with Gasteiger partial charge in [-0.05, 0) is 61.3 Å². The number of hydrogen-bond acceptors (Lipinski definition) is 4. The van der Waals surface area contributed by atoms with Crippen molar-refractivity contribution in [1.82, 2.24) is 9.80 Å². The van der Waals surface area contributed by atoms with E-state index in [-0.39, 0.29) is 5.92 Å². The van der Waals surface area contributed by atoms with E-state index in [1.54, 1.807) is 0 Å². The van der Waals surface area contributed by atoms with Crippen molar-refractivity contribution in [3.63, 3.8) is 0 Å². The monoisotopic (exact) mass is 469 g/mol. The molecule has 182 valence electrons. The summed E-state index contributed by atoms with van der Waals surface area (Å²) in [7, 11) is 0. The normalized spacial score (nSPS) is 17.4. The van der Waals surface area contributed by atoms with E-state index in [0.717, 1.165) is 64.4 Å². The lowest BCUT2D eigenvalue weighted by molar-refractivity contribution is -0.137. The van der Waals surface area contributed by atoms with Crippen LogP contribution in [0.3, 0.4) is 0 Å². The Morgan fingerprint density at radius 1 is 0.714 bits per heavy atom. The van der Waals surface area contributed by atoms with Gasteiger partial charge in [0.2, 0.25) is 5.91 Å². The first-order valence-electron chi connectivity index (χ1n) is 12.8. The van der Waals surface area contributed by atoms with E-state index in [4.69, 9.17) is 4.74 Å². The highest BCUT2D eigenvalue weighted by atomic mass is 16.5. The minimum absolute atomic E-state index is 0.170.